The minimum absolute atomic E-state index is 0.0362. The molecule has 0 bridgehead atoms. The molecule has 9 nitrogen and oxygen atoms in total. The van der Waals surface area contributed by atoms with Gasteiger partial charge >= 0.3 is 6.09 Å². The van der Waals surface area contributed by atoms with Gasteiger partial charge in [0.25, 0.3) is 0 Å². The lowest BCUT2D eigenvalue weighted by Gasteiger charge is -2.34. The molecule has 4 rings (SSSR count). The summed E-state index contributed by atoms with van der Waals surface area (Å²) >= 11 is 0. The molecule has 4 atom stereocenters. The predicted molar refractivity (Wildman–Crippen MR) is 109 cm³/mol. The van der Waals surface area contributed by atoms with Crippen molar-refractivity contribution in [3.63, 3.8) is 0 Å². The van der Waals surface area contributed by atoms with Gasteiger partial charge in [0, 0.05) is 36.7 Å². The van der Waals surface area contributed by atoms with Crippen LogP contribution in [0.5, 0.6) is 0 Å². The van der Waals surface area contributed by atoms with Crippen molar-refractivity contribution in [2.75, 3.05) is 5.32 Å². The number of hydrogen-bond donors (Lipinski definition) is 3. The fourth-order valence-electron chi connectivity index (χ4n) is 5.04. The third-order valence-corrected chi connectivity index (χ3v) is 6.50. The number of amides is 2. The highest BCUT2D eigenvalue weighted by Gasteiger charge is 2.40. The largest absolute Gasteiger partial charge is 0.465 e. The molecule has 0 aliphatic heterocycles. The van der Waals surface area contributed by atoms with Crippen LogP contribution in [0.4, 0.5) is 10.6 Å². The van der Waals surface area contributed by atoms with Crippen LogP contribution in [0.15, 0.2) is 16.7 Å². The van der Waals surface area contributed by atoms with E-state index in [0.29, 0.717) is 23.4 Å². The fourth-order valence-corrected chi connectivity index (χ4v) is 5.04. The zero-order valence-electron chi connectivity index (χ0n) is 17.4. The molecule has 2 aliphatic rings. The van der Waals surface area contributed by atoms with Gasteiger partial charge in [0.1, 0.15) is 5.76 Å². The first-order valence-electron chi connectivity index (χ1n) is 10.7. The summed E-state index contributed by atoms with van der Waals surface area (Å²) < 4.78 is 5.33. The van der Waals surface area contributed by atoms with Crippen molar-refractivity contribution >= 4 is 17.8 Å². The number of carbonyl (C=O) groups excluding carboxylic acids is 1. The summed E-state index contributed by atoms with van der Waals surface area (Å²) in [7, 11) is 0. The third-order valence-electron chi connectivity index (χ3n) is 6.50. The van der Waals surface area contributed by atoms with E-state index in [1.165, 1.54) is 0 Å². The van der Waals surface area contributed by atoms with E-state index < -0.39 is 6.09 Å². The van der Waals surface area contributed by atoms with E-state index in [1.807, 2.05) is 6.07 Å². The maximum absolute atomic E-state index is 12.2. The lowest BCUT2D eigenvalue weighted by molar-refractivity contribution is -0.115. The fraction of sp³-hybridized carbons (Fsp3) is 0.619. The zero-order chi connectivity index (χ0) is 21.3. The highest BCUT2D eigenvalue weighted by Crippen LogP contribution is 2.40. The van der Waals surface area contributed by atoms with Crippen LogP contribution >= 0.6 is 0 Å². The molecule has 0 aromatic carbocycles. The van der Waals surface area contributed by atoms with Crippen LogP contribution in [-0.2, 0) is 11.2 Å². The number of aromatic amines is 1. The average Bonchev–Trinajstić information content (AvgIpc) is 3.45. The summed E-state index contributed by atoms with van der Waals surface area (Å²) in [6, 6.07) is 2.01. The second kappa shape index (κ2) is 8.49. The molecule has 2 aliphatic carbocycles. The molecule has 0 saturated heterocycles. The number of aromatic nitrogens is 3. The molecule has 2 heterocycles. The number of aryl methyl sites for hydroxylation is 1. The van der Waals surface area contributed by atoms with Crippen LogP contribution < -0.4 is 5.32 Å². The van der Waals surface area contributed by atoms with Crippen molar-refractivity contribution in [1.82, 2.24) is 20.1 Å². The summed E-state index contributed by atoms with van der Waals surface area (Å²) in [4.78, 5) is 29.9. The van der Waals surface area contributed by atoms with Crippen LogP contribution in [0.3, 0.4) is 0 Å². The number of carbonyl (C=O) groups is 2. The standard InChI is InChI=1S/C21H29N5O4/c1-12-4-3-5-18(12)26(21(28)29)15-7-6-14(8-15)17-10-19(25-24-17)23-20(27)9-16-11-22-13(2)30-16/h10-12,14-15,18H,3-9H2,1-2H3,(H,28,29)(H2,23,24,25,27)/t12-,14-,15+,18+/m0/s1. The van der Waals surface area contributed by atoms with Gasteiger partial charge in [-0.15, -0.1) is 0 Å². The summed E-state index contributed by atoms with van der Waals surface area (Å²) in [5, 5.41) is 19.8. The summed E-state index contributed by atoms with van der Waals surface area (Å²) in [5.74, 6) is 1.91. The van der Waals surface area contributed by atoms with Gasteiger partial charge in [-0.2, -0.15) is 5.10 Å². The predicted octanol–water partition coefficient (Wildman–Crippen LogP) is 3.69. The number of hydrogen-bond acceptors (Lipinski definition) is 5. The third kappa shape index (κ3) is 4.34. The van der Waals surface area contributed by atoms with Crippen LogP contribution in [-0.4, -0.2) is 49.3 Å². The van der Waals surface area contributed by atoms with Crippen LogP contribution in [0.25, 0.3) is 0 Å². The highest BCUT2D eigenvalue weighted by molar-refractivity contribution is 5.91. The van der Waals surface area contributed by atoms with E-state index in [-0.39, 0.29) is 30.3 Å². The van der Waals surface area contributed by atoms with Crippen LogP contribution in [0.1, 0.15) is 68.7 Å². The molecule has 9 heteroatoms. The number of nitrogens with zero attached hydrogens (tertiary/aromatic N) is 3. The normalized spacial score (nSPS) is 26.1. The van der Waals surface area contributed by atoms with E-state index in [9.17, 15) is 14.7 Å². The maximum Gasteiger partial charge on any atom is 0.407 e. The number of H-pyrrole nitrogens is 1. The molecule has 0 unspecified atom stereocenters. The molecule has 2 aromatic rings. The Morgan fingerprint density at radius 3 is 2.83 bits per heavy atom. The number of anilines is 1. The van der Waals surface area contributed by atoms with Crippen molar-refractivity contribution in [3.05, 3.63) is 29.6 Å². The average molecular weight is 415 g/mol. The number of oxazole rings is 1. The summed E-state index contributed by atoms with van der Waals surface area (Å²) in [6.07, 6.45) is 6.53. The van der Waals surface area contributed by atoms with Crippen LogP contribution in [0.2, 0.25) is 0 Å². The van der Waals surface area contributed by atoms with Gasteiger partial charge in [-0.1, -0.05) is 13.3 Å². The molecule has 2 amide bonds. The van der Waals surface area contributed by atoms with Gasteiger partial charge in [0.2, 0.25) is 5.91 Å². The Bertz CT molecular complexity index is 907. The molecular formula is C21H29N5O4. The van der Waals surface area contributed by atoms with Crippen LogP contribution in [0, 0.1) is 12.8 Å². The first-order valence-corrected chi connectivity index (χ1v) is 10.7. The lowest BCUT2D eigenvalue weighted by atomic mass is 10.0. The summed E-state index contributed by atoms with van der Waals surface area (Å²) in [6.45, 7) is 3.89. The molecule has 30 heavy (non-hydrogen) atoms. The molecule has 2 fully saturated rings. The second-order valence-corrected chi connectivity index (χ2v) is 8.61. The van der Waals surface area contributed by atoms with Gasteiger partial charge in [0.15, 0.2) is 11.7 Å². The Morgan fingerprint density at radius 2 is 2.17 bits per heavy atom. The lowest BCUT2D eigenvalue weighted by Crippen LogP contribution is -2.46. The quantitative estimate of drug-likeness (QED) is 0.661. The van der Waals surface area contributed by atoms with Crippen molar-refractivity contribution < 1.29 is 19.1 Å². The van der Waals surface area contributed by atoms with E-state index in [1.54, 1.807) is 18.0 Å². The maximum atomic E-state index is 12.2. The van der Waals surface area contributed by atoms with Gasteiger partial charge in [-0.3, -0.25) is 9.89 Å². The summed E-state index contributed by atoms with van der Waals surface area (Å²) in [5.41, 5.74) is 0.938. The van der Waals surface area contributed by atoms with E-state index in [0.717, 1.165) is 44.2 Å². The second-order valence-electron chi connectivity index (χ2n) is 8.61. The molecule has 0 radical (unpaired) electrons. The molecule has 162 valence electrons. The van der Waals surface area contributed by atoms with Crippen molar-refractivity contribution in [3.8, 4) is 0 Å². The Labute approximate surface area is 175 Å². The van der Waals surface area contributed by atoms with Gasteiger partial charge < -0.3 is 19.7 Å². The SMILES string of the molecule is Cc1ncc(CC(=O)Nc2cc([C@H]3CC[C@@H](N(C(=O)O)[C@@H]4CCC[C@@H]4C)C3)[nH]n2)o1. The number of nitrogens with one attached hydrogen (secondary N) is 2. The molecule has 0 spiro atoms. The smallest absolute Gasteiger partial charge is 0.407 e. The highest BCUT2D eigenvalue weighted by atomic mass is 16.4. The van der Waals surface area contributed by atoms with Crippen molar-refractivity contribution in [1.29, 1.82) is 0 Å². The van der Waals surface area contributed by atoms with E-state index in [4.69, 9.17) is 4.42 Å². The Balaban J connectivity index is 1.36. The van der Waals surface area contributed by atoms with Gasteiger partial charge in [-0.25, -0.2) is 9.78 Å². The molecule has 3 N–H and O–H groups in total. The first-order chi connectivity index (χ1) is 14.4. The van der Waals surface area contributed by atoms with E-state index >= 15 is 0 Å². The Kier molecular flexibility index (Phi) is 5.78. The first kappa shape index (κ1) is 20.4. The van der Waals surface area contributed by atoms with Gasteiger partial charge in [-0.05, 0) is 38.0 Å². The van der Waals surface area contributed by atoms with Crippen molar-refractivity contribution in [2.24, 2.45) is 5.92 Å². The monoisotopic (exact) mass is 415 g/mol. The Hall–Kier alpha value is -2.84. The molecule has 2 saturated carbocycles. The molecular weight excluding hydrogens is 386 g/mol. The van der Waals surface area contributed by atoms with Crippen molar-refractivity contribution in [2.45, 2.75) is 76.8 Å². The minimum atomic E-state index is -0.806. The minimum Gasteiger partial charge on any atom is -0.465 e. The number of carboxylic acid groups (broad SMARTS) is 1. The van der Waals surface area contributed by atoms with Gasteiger partial charge in [0.05, 0.1) is 12.6 Å². The zero-order valence-corrected chi connectivity index (χ0v) is 17.4. The molecule has 2 aromatic heterocycles. The Morgan fingerprint density at radius 1 is 1.33 bits per heavy atom. The number of rotatable bonds is 6. The topological polar surface area (TPSA) is 124 Å². The van der Waals surface area contributed by atoms with E-state index in [2.05, 4.69) is 27.4 Å².